The number of amides is 1. The van der Waals surface area contributed by atoms with E-state index in [1.165, 1.54) is 23.5 Å². The molecule has 1 aliphatic rings. The molecule has 1 amide bonds. The van der Waals surface area contributed by atoms with Crippen molar-refractivity contribution in [1.82, 2.24) is 19.9 Å². The molecule has 1 atom stereocenters. The van der Waals surface area contributed by atoms with Gasteiger partial charge in [0.15, 0.2) is 5.13 Å². The molecule has 1 N–H and O–H groups in total. The second-order valence-electron chi connectivity index (χ2n) is 7.48. The summed E-state index contributed by atoms with van der Waals surface area (Å²) in [6.07, 6.45) is 5.18. The maximum absolute atomic E-state index is 13.5. The smallest absolute Gasteiger partial charge is 0.274 e. The number of aromatic nitrogens is 3. The molecular formula is C21H22BrFN6OS. The molecule has 162 valence electrons. The van der Waals surface area contributed by atoms with Crippen LogP contribution in [0.3, 0.4) is 0 Å². The second-order valence-corrected chi connectivity index (χ2v) is 9.37. The number of halogens is 2. The van der Waals surface area contributed by atoms with Crippen molar-refractivity contribution in [1.29, 1.82) is 0 Å². The first-order valence-corrected chi connectivity index (χ1v) is 11.5. The molecule has 10 heteroatoms. The number of anilines is 2. The fourth-order valence-electron chi connectivity index (χ4n) is 3.51. The Morgan fingerprint density at radius 1 is 1.29 bits per heavy atom. The minimum absolute atomic E-state index is 0.0188. The normalized spacial score (nSPS) is 15.9. The molecule has 4 rings (SSSR count). The first kappa shape index (κ1) is 21.6. The predicted molar refractivity (Wildman–Crippen MR) is 124 cm³/mol. The Balaban J connectivity index is 1.57. The Hall–Kier alpha value is -2.59. The molecule has 0 unspecified atom stereocenters. The van der Waals surface area contributed by atoms with Crippen LogP contribution in [0.25, 0.3) is 10.4 Å². The molecule has 3 heterocycles. The van der Waals surface area contributed by atoms with Crippen molar-refractivity contribution in [3.63, 3.8) is 0 Å². The van der Waals surface area contributed by atoms with Gasteiger partial charge in [-0.05, 0) is 46.5 Å². The van der Waals surface area contributed by atoms with Crippen LogP contribution in [0.4, 0.5) is 15.5 Å². The zero-order valence-corrected chi connectivity index (χ0v) is 19.6. The van der Waals surface area contributed by atoms with E-state index in [0.29, 0.717) is 24.7 Å². The predicted octanol–water partition coefficient (Wildman–Crippen LogP) is 4.28. The molecule has 0 aliphatic carbocycles. The number of hydrogen-bond acceptors (Lipinski definition) is 7. The third-order valence-electron chi connectivity index (χ3n) is 5.06. The van der Waals surface area contributed by atoms with Crippen LogP contribution in [0.5, 0.6) is 0 Å². The monoisotopic (exact) mass is 504 g/mol. The molecule has 1 aliphatic heterocycles. The van der Waals surface area contributed by atoms with Crippen molar-refractivity contribution in [2.24, 2.45) is 0 Å². The highest BCUT2D eigenvalue weighted by molar-refractivity contribution is 9.10. The van der Waals surface area contributed by atoms with Crippen molar-refractivity contribution >= 4 is 44.3 Å². The molecule has 0 bridgehead atoms. The lowest BCUT2D eigenvalue weighted by molar-refractivity contribution is 0.0739. The number of carbonyl (C=O) groups is 1. The van der Waals surface area contributed by atoms with Crippen LogP contribution in [0, 0.1) is 5.82 Å². The topological polar surface area (TPSA) is 74.2 Å². The van der Waals surface area contributed by atoms with E-state index >= 15 is 0 Å². The van der Waals surface area contributed by atoms with Gasteiger partial charge in [-0.3, -0.25) is 4.79 Å². The Morgan fingerprint density at radius 2 is 2.00 bits per heavy atom. The maximum Gasteiger partial charge on any atom is 0.274 e. The van der Waals surface area contributed by atoms with Crippen LogP contribution in [0.2, 0.25) is 0 Å². The molecule has 0 radical (unpaired) electrons. The van der Waals surface area contributed by atoms with Crippen molar-refractivity contribution in [2.45, 2.75) is 18.9 Å². The summed E-state index contributed by atoms with van der Waals surface area (Å²) < 4.78 is 14.2. The molecule has 7 nitrogen and oxygen atoms in total. The highest BCUT2D eigenvalue weighted by Gasteiger charge is 2.33. The molecular weight excluding hydrogens is 483 g/mol. The van der Waals surface area contributed by atoms with E-state index in [-0.39, 0.29) is 17.8 Å². The molecule has 1 saturated heterocycles. The molecule has 3 aromatic rings. The van der Waals surface area contributed by atoms with Crippen LogP contribution in [-0.2, 0) is 0 Å². The van der Waals surface area contributed by atoms with Gasteiger partial charge in [-0.15, -0.1) is 0 Å². The van der Waals surface area contributed by atoms with Gasteiger partial charge in [0, 0.05) is 45.6 Å². The highest BCUT2D eigenvalue weighted by Crippen LogP contribution is 2.36. The SMILES string of the molecule is CN(C)c1nc(C(=O)N2CCC[C@H]2CNc2ncc(Br)cn2)c(-c2ccc(F)cc2)s1. The van der Waals surface area contributed by atoms with Crippen LogP contribution in [0.15, 0.2) is 41.1 Å². The van der Waals surface area contributed by atoms with Crippen LogP contribution in [0.1, 0.15) is 23.3 Å². The molecule has 0 saturated carbocycles. The summed E-state index contributed by atoms with van der Waals surface area (Å²) >= 11 is 4.75. The summed E-state index contributed by atoms with van der Waals surface area (Å²) in [6.45, 7) is 1.23. The lowest BCUT2D eigenvalue weighted by atomic mass is 10.1. The minimum atomic E-state index is -0.310. The highest BCUT2D eigenvalue weighted by atomic mass is 79.9. The summed E-state index contributed by atoms with van der Waals surface area (Å²) in [5.74, 6) is 0.109. The number of benzene rings is 1. The summed E-state index contributed by atoms with van der Waals surface area (Å²) in [5.41, 5.74) is 1.19. The van der Waals surface area contributed by atoms with Crippen LogP contribution in [-0.4, -0.2) is 59.0 Å². The number of nitrogens with one attached hydrogen (secondary N) is 1. The van der Waals surface area contributed by atoms with E-state index in [2.05, 4.69) is 36.2 Å². The molecule has 31 heavy (non-hydrogen) atoms. The van der Waals surface area contributed by atoms with Gasteiger partial charge in [-0.2, -0.15) is 0 Å². The molecule has 0 spiro atoms. The Labute approximate surface area is 192 Å². The van der Waals surface area contributed by atoms with Gasteiger partial charge in [0.1, 0.15) is 11.5 Å². The molecule has 2 aromatic heterocycles. The Kier molecular flexibility index (Phi) is 6.47. The minimum Gasteiger partial charge on any atom is -0.354 e. The van der Waals surface area contributed by atoms with Crippen LogP contribution >= 0.6 is 27.3 Å². The lowest BCUT2D eigenvalue weighted by Gasteiger charge is -2.24. The van der Waals surface area contributed by atoms with E-state index in [4.69, 9.17) is 0 Å². The number of nitrogens with zero attached hydrogens (tertiary/aromatic N) is 5. The largest absolute Gasteiger partial charge is 0.354 e. The van der Waals surface area contributed by atoms with Crippen LogP contribution < -0.4 is 10.2 Å². The van der Waals surface area contributed by atoms with Gasteiger partial charge in [0.2, 0.25) is 5.95 Å². The van der Waals surface area contributed by atoms with E-state index in [9.17, 15) is 9.18 Å². The standard InChI is InChI=1S/C21H22BrFN6OS/c1-28(2)21-27-17(18(31-21)13-5-7-15(23)8-6-13)19(30)29-9-3-4-16(29)12-26-20-24-10-14(22)11-25-20/h5-8,10-11,16H,3-4,9,12H2,1-2H3,(H,24,25,26)/t16-/m0/s1. The fraction of sp³-hybridized carbons (Fsp3) is 0.333. The maximum atomic E-state index is 13.5. The summed E-state index contributed by atoms with van der Waals surface area (Å²) in [5, 5.41) is 3.96. The Morgan fingerprint density at radius 3 is 2.68 bits per heavy atom. The van der Waals surface area contributed by atoms with Crippen molar-refractivity contribution in [3.05, 3.63) is 52.6 Å². The van der Waals surface area contributed by atoms with Gasteiger partial charge in [-0.25, -0.2) is 19.3 Å². The zero-order valence-electron chi connectivity index (χ0n) is 17.2. The van der Waals surface area contributed by atoms with E-state index < -0.39 is 0 Å². The number of rotatable bonds is 6. The Bertz CT molecular complexity index is 1060. The number of hydrogen-bond donors (Lipinski definition) is 1. The van der Waals surface area contributed by atoms with Crippen molar-refractivity contribution in [3.8, 4) is 10.4 Å². The summed E-state index contributed by atoms with van der Waals surface area (Å²) in [4.78, 5) is 31.1. The quantitative estimate of drug-likeness (QED) is 0.539. The second kappa shape index (κ2) is 9.27. The fourth-order valence-corrected chi connectivity index (χ4v) is 4.70. The third-order valence-corrected chi connectivity index (χ3v) is 6.74. The summed E-state index contributed by atoms with van der Waals surface area (Å²) in [6, 6.07) is 6.20. The lowest BCUT2D eigenvalue weighted by Crippen LogP contribution is -2.40. The van der Waals surface area contributed by atoms with E-state index in [1.807, 2.05) is 23.9 Å². The van der Waals surface area contributed by atoms with Gasteiger partial charge < -0.3 is 15.1 Å². The van der Waals surface area contributed by atoms with E-state index in [1.54, 1.807) is 24.5 Å². The van der Waals surface area contributed by atoms with Crippen molar-refractivity contribution in [2.75, 3.05) is 37.4 Å². The molecule has 1 fully saturated rings. The number of thiazole rings is 1. The van der Waals surface area contributed by atoms with Gasteiger partial charge >= 0.3 is 0 Å². The molecule has 1 aromatic carbocycles. The first-order valence-electron chi connectivity index (χ1n) is 9.89. The summed E-state index contributed by atoms with van der Waals surface area (Å²) in [7, 11) is 3.78. The van der Waals surface area contributed by atoms with E-state index in [0.717, 1.165) is 32.9 Å². The van der Waals surface area contributed by atoms with Gasteiger partial charge in [0.05, 0.1) is 9.35 Å². The number of likely N-dealkylation sites (tertiary alicyclic amines) is 1. The van der Waals surface area contributed by atoms with Gasteiger partial charge in [-0.1, -0.05) is 23.5 Å². The third kappa shape index (κ3) is 4.85. The number of carbonyl (C=O) groups excluding carboxylic acids is 1. The average Bonchev–Trinajstić information content (AvgIpc) is 3.41. The zero-order chi connectivity index (χ0) is 22.0. The van der Waals surface area contributed by atoms with Gasteiger partial charge in [0.25, 0.3) is 5.91 Å². The van der Waals surface area contributed by atoms with Crippen molar-refractivity contribution < 1.29 is 9.18 Å². The first-order chi connectivity index (χ1) is 14.9. The average molecular weight is 505 g/mol.